The average Bonchev–Trinajstić information content (AvgIpc) is 2.94. The van der Waals surface area contributed by atoms with Crippen LogP contribution in [0.15, 0.2) is 65.8 Å². The van der Waals surface area contributed by atoms with Gasteiger partial charge in [0.1, 0.15) is 23.4 Å². The van der Waals surface area contributed by atoms with E-state index in [4.69, 9.17) is 4.74 Å². The van der Waals surface area contributed by atoms with E-state index in [-0.39, 0.29) is 29.8 Å². The molecule has 1 amide bonds. The van der Waals surface area contributed by atoms with Crippen LogP contribution in [0.5, 0.6) is 5.75 Å². The molecule has 0 radical (unpaired) electrons. The van der Waals surface area contributed by atoms with Crippen molar-refractivity contribution < 1.29 is 31.8 Å². The number of carbonyl (C=O) groups excluding carboxylic acids is 1. The van der Waals surface area contributed by atoms with Gasteiger partial charge in [-0.05, 0) is 72.5 Å². The molecule has 3 N–H and O–H groups in total. The number of rotatable bonds is 14. The van der Waals surface area contributed by atoms with Crippen LogP contribution in [0.1, 0.15) is 40.0 Å². The highest BCUT2D eigenvalue weighted by molar-refractivity contribution is 7.92. The van der Waals surface area contributed by atoms with Gasteiger partial charge in [-0.1, -0.05) is 17.3 Å². The van der Waals surface area contributed by atoms with Crippen molar-refractivity contribution in [1.82, 2.24) is 10.6 Å². The zero-order valence-corrected chi connectivity index (χ0v) is 24.5. The number of hydrogen-bond donors (Lipinski definition) is 3. The van der Waals surface area contributed by atoms with Crippen LogP contribution < -0.4 is 19.7 Å². The van der Waals surface area contributed by atoms with E-state index in [1.165, 1.54) is 32.2 Å². The largest absolute Gasteiger partial charge is 0.497 e. The Morgan fingerprint density at radius 1 is 1.07 bits per heavy atom. The molecule has 226 valence electrons. The monoisotopic (exact) mass is 604 g/mol. The Kier molecular flexibility index (Phi) is 11.1. The third-order valence-corrected chi connectivity index (χ3v) is 7.89. The Hall–Kier alpha value is -3.94. The summed E-state index contributed by atoms with van der Waals surface area (Å²) >= 11 is 0. The lowest BCUT2D eigenvalue weighted by Crippen LogP contribution is -2.48. The maximum Gasteiger partial charge on any atom is 0.251 e. The fourth-order valence-corrected chi connectivity index (χ4v) is 4.74. The van der Waals surface area contributed by atoms with Crippen LogP contribution in [0.2, 0.25) is 0 Å². The van der Waals surface area contributed by atoms with Gasteiger partial charge in [0.25, 0.3) is 5.91 Å². The molecule has 10 nitrogen and oxygen atoms in total. The summed E-state index contributed by atoms with van der Waals surface area (Å²) in [5.41, 5.74) is 1.51. The van der Waals surface area contributed by atoms with E-state index in [0.29, 0.717) is 17.9 Å². The van der Waals surface area contributed by atoms with Crippen molar-refractivity contribution in [1.29, 1.82) is 0 Å². The van der Waals surface area contributed by atoms with Gasteiger partial charge in [0.15, 0.2) is 0 Å². The minimum Gasteiger partial charge on any atom is -0.497 e. The summed E-state index contributed by atoms with van der Waals surface area (Å²) in [4.78, 5) is 24.7. The smallest absolute Gasteiger partial charge is 0.251 e. The van der Waals surface area contributed by atoms with E-state index in [2.05, 4.69) is 15.8 Å². The molecule has 0 saturated heterocycles. The Bertz CT molecular complexity index is 1500. The lowest BCUT2D eigenvalue weighted by Gasteiger charge is -2.26. The molecule has 3 rings (SSSR count). The number of nitrogens with zero attached hydrogens (tertiary/aromatic N) is 2. The fraction of sp³-hybridized carbons (Fsp3) is 0.345. The van der Waals surface area contributed by atoms with Crippen molar-refractivity contribution in [2.75, 3.05) is 31.3 Å². The number of aliphatic hydroxyl groups is 1. The molecule has 3 aromatic rings. The highest BCUT2D eigenvalue weighted by Gasteiger charge is 2.25. The molecule has 0 heterocycles. The first-order chi connectivity index (χ1) is 19.8. The number of carbonyl (C=O) groups is 1. The number of halogens is 2. The Balaban J connectivity index is 1.88. The summed E-state index contributed by atoms with van der Waals surface area (Å²) in [5.74, 6) is -1.66. The lowest BCUT2D eigenvalue weighted by atomic mass is 9.99. The van der Waals surface area contributed by atoms with Gasteiger partial charge in [0.2, 0.25) is 10.0 Å². The number of nitroso groups, excluding NO2 is 1. The molecule has 13 heteroatoms. The van der Waals surface area contributed by atoms with Crippen LogP contribution >= 0.6 is 0 Å². The van der Waals surface area contributed by atoms with E-state index in [1.807, 2.05) is 18.2 Å². The molecule has 0 saturated carbocycles. The zero-order chi connectivity index (χ0) is 31.0. The van der Waals surface area contributed by atoms with Crippen molar-refractivity contribution in [2.24, 2.45) is 5.18 Å². The summed E-state index contributed by atoms with van der Waals surface area (Å²) in [5, 5.41) is 19.9. The van der Waals surface area contributed by atoms with Crippen molar-refractivity contribution in [3.63, 3.8) is 0 Å². The molecule has 1 unspecified atom stereocenters. The van der Waals surface area contributed by atoms with E-state index in [0.717, 1.165) is 34.3 Å². The average molecular weight is 605 g/mol. The normalized spacial score (nSPS) is 13.6. The second kappa shape index (κ2) is 14.3. The number of hydrogen-bond acceptors (Lipinski definition) is 8. The van der Waals surface area contributed by atoms with Crippen molar-refractivity contribution in [2.45, 2.75) is 38.1 Å². The van der Waals surface area contributed by atoms with Gasteiger partial charge in [-0.2, -0.15) is 4.91 Å². The molecule has 3 atom stereocenters. The maximum absolute atomic E-state index is 13.9. The Morgan fingerprint density at radius 3 is 2.38 bits per heavy atom. The first-order valence-electron chi connectivity index (χ1n) is 13.0. The quantitative estimate of drug-likeness (QED) is 0.239. The highest BCUT2D eigenvalue weighted by Crippen LogP contribution is 2.26. The van der Waals surface area contributed by atoms with Gasteiger partial charge in [-0.15, -0.1) is 0 Å². The highest BCUT2D eigenvalue weighted by atomic mass is 32.2. The van der Waals surface area contributed by atoms with Crippen LogP contribution in [-0.2, 0) is 23.0 Å². The van der Waals surface area contributed by atoms with E-state index in [9.17, 15) is 32.0 Å². The van der Waals surface area contributed by atoms with Crippen LogP contribution in [0.3, 0.4) is 0 Å². The van der Waals surface area contributed by atoms with Crippen molar-refractivity contribution in [3.05, 3.63) is 99.5 Å². The minimum absolute atomic E-state index is 0.000428. The lowest BCUT2D eigenvalue weighted by molar-refractivity contribution is 0.0829. The number of sulfonamides is 1. The molecule has 0 aliphatic carbocycles. The van der Waals surface area contributed by atoms with Crippen LogP contribution in [0.25, 0.3) is 0 Å². The molecule has 42 heavy (non-hydrogen) atoms. The standard InChI is InChI=1S/C29H34F2N4O6S/c1-18(34-38)21-12-22(14-25(13-21)35(2)42(4,39)40)29(37)33-27(11-20-8-23(30)15-24(31)9-20)28(36)17-32-16-19-6-5-7-26(10-19)41-3/h5-10,12-15,18,27-28,32,36H,11,16-17H2,1-4H3,(H,33,37)/t18?,27-,28+/m0/s1. The Labute approximate surface area is 243 Å². The summed E-state index contributed by atoms with van der Waals surface area (Å²) in [7, 11) is -0.857. The number of ether oxygens (including phenoxy) is 1. The Morgan fingerprint density at radius 2 is 1.76 bits per heavy atom. The molecule has 0 aromatic heterocycles. The van der Waals surface area contributed by atoms with Crippen molar-refractivity contribution in [3.8, 4) is 5.75 Å². The summed E-state index contributed by atoms with van der Waals surface area (Å²) in [6.07, 6.45) is -0.336. The van der Waals surface area contributed by atoms with Crippen molar-refractivity contribution >= 4 is 21.6 Å². The van der Waals surface area contributed by atoms with Gasteiger partial charge in [0, 0.05) is 31.8 Å². The molecular formula is C29H34F2N4O6S. The van der Waals surface area contributed by atoms with Gasteiger partial charge in [-0.3, -0.25) is 9.10 Å². The molecular weight excluding hydrogens is 570 g/mol. The fourth-order valence-electron chi connectivity index (χ4n) is 4.25. The zero-order valence-electron chi connectivity index (χ0n) is 23.7. The van der Waals surface area contributed by atoms with Crippen LogP contribution in [0, 0.1) is 16.5 Å². The first-order valence-corrected chi connectivity index (χ1v) is 14.8. The third-order valence-electron chi connectivity index (χ3n) is 6.68. The molecule has 0 aliphatic heterocycles. The van der Waals surface area contributed by atoms with E-state index < -0.39 is 45.8 Å². The van der Waals surface area contributed by atoms with Gasteiger partial charge in [-0.25, -0.2) is 17.2 Å². The number of amides is 1. The van der Waals surface area contributed by atoms with Gasteiger partial charge >= 0.3 is 0 Å². The SMILES string of the molecule is COc1cccc(CNC[C@@H](O)[C@H](Cc2cc(F)cc(F)c2)NC(=O)c2cc(C(C)N=O)cc(N(C)S(C)(=O)=O)c2)c1. The summed E-state index contributed by atoms with van der Waals surface area (Å²) < 4.78 is 58.3. The number of anilines is 1. The number of aliphatic hydroxyl groups excluding tert-OH is 1. The van der Waals surface area contributed by atoms with Crippen LogP contribution in [-0.4, -0.2) is 58.5 Å². The topological polar surface area (TPSA) is 137 Å². The number of nitrogens with one attached hydrogen (secondary N) is 2. The third kappa shape index (κ3) is 9.03. The summed E-state index contributed by atoms with van der Waals surface area (Å²) in [6.45, 7) is 1.87. The summed E-state index contributed by atoms with van der Waals surface area (Å²) in [6, 6.07) is 12.5. The predicted octanol–water partition coefficient (Wildman–Crippen LogP) is 3.69. The molecule has 0 aliphatic rings. The van der Waals surface area contributed by atoms with Gasteiger partial charge < -0.3 is 20.5 Å². The van der Waals surface area contributed by atoms with Gasteiger partial charge in [0.05, 0.1) is 31.2 Å². The maximum atomic E-state index is 13.9. The number of benzene rings is 3. The molecule has 3 aromatic carbocycles. The molecule has 0 spiro atoms. The number of methoxy groups -OCH3 is 1. The first kappa shape index (κ1) is 32.6. The predicted molar refractivity (Wildman–Crippen MR) is 156 cm³/mol. The second-order valence-corrected chi connectivity index (χ2v) is 12.0. The minimum atomic E-state index is -3.70. The molecule has 0 bridgehead atoms. The second-order valence-electron chi connectivity index (χ2n) is 9.94. The molecule has 0 fully saturated rings. The van der Waals surface area contributed by atoms with Crippen LogP contribution in [0.4, 0.5) is 14.5 Å². The van der Waals surface area contributed by atoms with E-state index >= 15 is 0 Å². The van der Waals surface area contributed by atoms with E-state index in [1.54, 1.807) is 13.2 Å².